The first-order chi connectivity index (χ1) is 56.0. The number of aromatic amines is 1. The summed E-state index contributed by atoms with van der Waals surface area (Å²) in [7, 11) is 1.46. The second-order valence-electron chi connectivity index (χ2n) is 29.9. The molecule has 8 aliphatic rings. The van der Waals surface area contributed by atoms with Gasteiger partial charge in [0, 0.05) is 53.2 Å². The molecule has 3 fully saturated rings. The van der Waals surface area contributed by atoms with Gasteiger partial charge in [-0.25, -0.2) is 9.78 Å². The number of likely N-dealkylation sites (N-methyl/N-ethyl adjacent to an activating group) is 1. The predicted molar refractivity (Wildman–Crippen MR) is 403 cm³/mol. The molecule has 24 N–H and O–H groups in total. The van der Waals surface area contributed by atoms with Crippen LogP contribution in [-0.4, -0.2) is 254 Å². The lowest BCUT2D eigenvalue weighted by Gasteiger charge is -2.46. The zero-order valence-corrected chi connectivity index (χ0v) is 64.8. The number of nitrogens with two attached hydrogens (primary N) is 1. The second kappa shape index (κ2) is 36.2. The summed E-state index contributed by atoms with van der Waals surface area (Å²) in [6.07, 6.45) is -26.6. The number of aliphatic carboxylic acids is 1. The number of amides is 7. The van der Waals surface area contributed by atoms with Crippen LogP contribution in [0.2, 0.25) is 10.0 Å². The van der Waals surface area contributed by atoms with Crippen LogP contribution in [0.1, 0.15) is 111 Å². The molecule has 3 saturated heterocycles. The number of carboxylic acids is 1. The van der Waals surface area contributed by atoms with Crippen molar-refractivity contribution < 1.29 is 143 Å². The zero-order chi connectivity index (χ0) is 85.4. The average molecular weight is 1690 g/mol. The van der Waals surface area contributed by atoms with E-state index in [9.17, 15) is 80.8 Å². The first-order valence-corrected chi connectivity index (χ1v) is 37.9. The lowest BCUT2D eigenvalue weighted by Crippen LogP contribution is -2.65. The Hall–Kier alpha value is -10.2. The first kappa shape index (κ1) is 87.1. The lowest BCUT2D eigenvalue weighted by molar-refractivity contribution is -0.352. The van der Waals surface area contributed by atoms with E-state index >= 15 is 24.0 Å². The van der Waals surface area contributed by atoms with Crippen molar-refractivity contribution in [2.75, 3.05) is 20.3 Å². The fraction of sp³-hybridized carbons (Fsp3) is 0.461. The zero-order valence-electron chi connectivity index (χ0n) is 63.3. The van der Waals surface area contributed by atoms with E-state index in [-0.39, 0.29) is 36.4 Å². The molecule has 6 aromatic rings. The number of carbonyl (C=O) groups is 8. The summed E-state index contributed by atoms with van der Waals surface area (Å²) in [5, 5.41) is 168. The molecule has 9 heterocycles. The van der Waals surface area contributed by atoms with Gasteiger partial charge in [-0.05, 0) is 110 Å². The van der Waals surface area contributed by atoms with Crippen molar-refractivity contribution in [3.63, 3.8) is 0 Å². The molecule has 7 amide bonds. The van der Waals surface area contributed by atoms with Crippen LogP contribution in [-0.2, 0) is 68.6 Å². The summed E-state index contributed by atoms with van der Waals surface area (Å²) in [6.45, 7) is 4.78. The first-order valence-electron chi connectivity index (χ1n) is 37.2. The maximum Gasteiger partial charge on any atom is 0.330 e. The van der Waals surface area contributed by atoms with E-state index < -0.39 is 291 Å². The Balaban J connectivity index is 1.09. The second-order valence-corrected chi connectivity index (χ2v) is 30.7. The van der Waals surface area contributed by atoms with E-state index in [2.05, 4.69) is 52.5 Å². The number of H-pyrrole nitrogens is 1. The normalized spacial score (nSPS) is 30.9. The summed E-state index contributed by atoms with van der Waals surface area (Å²) in [4.78, 5) is 127. The number of carbonyl (C=O) groups excluding carboxylic acids is 7. The number of fused-ring (bicyclic) bond motifs is 15. The van der Waals surface area contributed by atoms with Gasteiger partial charge in [-0.15, -0.1) is 0 Å². The van der Waals surface area contributed by atoms with Gasteiger partial charge in [-0.2, -0.15) is 0 Å². The molecular formula is C76H89Cl2N11O29. The van der Waals surface area contributed by atoms with Crippen molar-refractivity contribution in [2.45, 2.75) is 193 Å². The molecule has 40 nitrogen and oxygen atoms in total. The van der Waals surface area contributed by atoms with Gasteiger partial charge >= 0.3 is 5.97 Å². The number of phenols is 3. The van der Waals surface area contributed by atoms with Crippen LogP contribution in [0.15, 0.2) is 91.4 Å². The SMILES string of the molecule is CN[C@H](CC(C)C)C(=O)NC1C(=O)NC(CC(N)=O)C(=O)NC2C(=O)N[C@H]3C(=O)N[C@H](C(=O)NC(C(=O)O)c4cc(O)cc(O)c4-c4cc3ccc4O)[C@H](O[C@H]3C[C@](C)(NCc4cnc[nH]4)[C@@H](O)C(C)O3)c3ccc(c(Cl)c3)Oc3cc2cc(c3O[C@@H]2O[C@H](CO)C(OC3O[C@H](CO)[C@H](O)C(O)C3O)[C@H](O)C2O)Oc2ccc(cc2Cl)C1O. The quantitative estimate of drug-likeness (QED) is 0.0438. The molecule has 118 heavy (non-hydrogen) atoms. The molecule has 0 aliphatic carbocycles. The highest BCUT2D eigenvalue weighted by molar-refractivity contribution is 6.32. The minimum atomic E-state index is -2.43. The summed E-state index contributed by atoms with van der Waals surface area (Å²) < 4.78 is 50.5. The van der Waals surface area contributed by atoms with Crippen molar-refractivity contribution in [1.82, 2.24) is 52.5 Å². The molecule has 11 unspecified atom stereocenters. The molecule has 5 aromatic carbocycles. The number of hydrogen-bond acceptors (Lipinski definition) is 31. The van der Waals surface area contributed by atoms with E-state index in [1.165, 1.54) is 38.6 Å². The number of aromatic nitrogens is 2. The third kappa shape index (κ3) is 18.5. The van der Waals surface area contributed by atoms with Gasteiger partial charge in [-0.1, -0.05) is 55.2 Å². The summed E-state index contributed by atoms with van der Waals surface area (Å²) in [5.41, 5.74) is 2.05. The van der Waals surface area contributed by atoms with Crippen molar-refractivity contribution in [1.29, 1.82) is 0 Å². The summed E-state index contributed by atoms with van der Waals surface area (Å²) in [6, 6.07) is -1.07. The number of ether oxygens (including phenoxy) is 8. The number of nitrogens with one attached hydrogen (secondary N) is 9. The third-order valence-electron chi connectivity index (χ3n) is 21.1. The Morgan fingerprint density at radius 3 is 1.93 bits per heavy atom. The molecule has 11 bridgehead atoms. The Morgan fingerprint density at radius 1 is 0.678 bits per heavy atom. The third-order valence-corrected chi connectivity index (χ3v) is 21.7. The molecule has 636 valence electrons. The number of carboxylic acid groups (broad SMARTS) is 1. The molecule has 42 heteroatoms. The maximum atomic E-state index is 16.4. The molecule has 0 radical (unpaired) electrons. The molecule has 0 saturated carbocycles. The molecule has 8 aliphatic heterocycles. The predicted octanol–water partition coefficient (Wildman–Crippen LogP) is -1.52. The van der Waals surface area contributed by atoms with Crippen LogP contribution < -0.4 is 62.5 Å². The highest BCUT2D eigenvalue weighted by Crippen LogP contribution is 2.50. The Labute approximate surface area is 680 Å². The number of aliphatic hydroxyl groups is 9. The van der Waals surface area contributed by atoms with Gasteiger partial charge in [0.2, 0.25) is 53.4 Å². The highest BCUT2D eigenvalue weighted by Gasteiger charge is 2.53. The summed E-state index contributed by atoms with van der Waals surface area (Å²) in [5.74, 6) is -16.7. The summed E-state index contributed by atoms with van der Waals surface area (Å²) >= 11 is 14.5. The number of nitrogens with zero attached hydrogens (tertiary/aromatic N) is 1. The number of aliphatic hydroxyl groups excluding tert-OH is 9. The number of aromatic hydroxyl groups is 3. The molecular weight excluding hydrogens is 1600 g/mol. The van der Waals surface area contributed by atoms with E-state index in [1.807, 2.05) is 0 Å². The number of rotatable bonds is 19. The van der Waals surface area contributed by atoms with Gasteiger partial charge in [0.1, 0.15) is 120 Å². The van der Waals surface area contributed by atoms with E-state index in [0.717, 1.165) is 66.7 Å². The van der Waals surface area contributed by atoms with E-state index in [4.69, 9.17) is 66.8 Å². The largest absolute Gasteiger partial charge is 0.508 e. The number of hydrogen-bond donors (Lipinski definition) is 23. The van der Waals surface area contributed by atoms with Crippen LogP contribution in [0.4, 0.5) is 0 Å². The minimum absolute atomic E-state index is 0.0786. The van der Waals surface area contributed by atoms with Crippen LogP contribution in [0, 0.1) is 5.92 Å². The van der Waals surface area contributed by atoms with Gasteiger partial charge in [0.25, 0.3) is 0 Å². The van der Waals surface area contributed by atoms with E-state index in [1.54, 1.807) is 20.8 Å². The monoisotopic (exact) mass is 1690 g/mol. The average Bonchev–Trinajstić information content (AvgIpc) is 1.07. The fourth-order valence-corrected chi connectivity index (χ4v) is 15.3. The van der Waals surface area contributed by atoms with Crippen molar-refractivity contribution in [3.05, 3.63) is 135 Å². The van der Waals surface area contributed by atoms with Crippen molar-refractivity contribution in [3.8, 4) is 57.1 Å². The fourth-order valence-electron chi connectivity index (χ4n) is 14.8. The molecule has 0 spiro atoms. The number of benzene rings is 5. The Bertz CT molecular complexity index is 4760. The molecule has 23 atom stereocenters. The Morgan fingerprint density at radius 2 is 1.31 bits per heavy atom. The van der Waals surface area contributed by atoms with Crippen molar-refractivity contribution in [2.24, 2.45) is 11.7 Å². The van der Waals surface area contributed by atoms with Crippen molar-refractivity contribution >= 4 is 70.5 Å². The topological polar surface area (TPSA) is 624 Å². The number of halogens is 2. The number of imidazole rings is 1. The molecule has 1 aromatic heterocycles. The number of phenolic OH excluding ortho intramolecular Hbond substituents is 3. The van der Waals surface area contributed by atoms with Crippen LogP contribution in [0.3, 0.4) is 0 Å². The van der Waals surface area contributed by atoms with E-state index in [0.29, 0.717) is 5.69 Å². The van der Waals surface area contributed by atoms with Crippen LogP contribution in [0.25, 0.3) is 11.1 Å². The van der Waals surface area contributed by atoms with Crippen LogP contribution >= 0.6 is 23.2 Å². The van der Waals surface area contributed by atoms with Gasteiger partial charge in [0.05, 0.1) is 54.3 Å². The van der Waals surface area contributed by atoms with Crippen LogP contribution in [0.5, 0.6) is 46.0 Å². The highest BCUT2D eigenvalue weighted by atomic mass is 35.5. The maximum absolute atomic E-state index is 16.4. The van der Waals surface area contributed by atoms with Gasteiger partial charge < -0.3 is 158 Å². The lowest BCUT2D eigenvalue weighted by atomic mass is 9.85. The van der Waals surface area contributed by atoms with Gasteiger partial charge in [-0.3, -0.25) is 33.6 Å². The standard InChI is InChI=1S/C76H89Cl2N11O29/c1-27(2)12-39(80-5)67(103)88-55-57(96)30-7-10-43(37(77)14-30)112-45-16-32-17-46(64(45)117-75-62(101)60(99)65(48(25-91)115-75)118-74-61(100)59(98)58(97)47(24-90)114-74)113-44-11-8-31(15-38(44)78)63(116-50-21-76(4,66(102)28(3)111-50)83-23-33-22-81-26-82-33)56-72(108)87-54(73(109)110)36-18-34(92)19-42(94)51(36)35-13-29(6-9-41(35)93)52(69(105)89-56)86-70(106)53(32)85-68(104)40(20-49(79)95)84-71(55)107/h6-11,13-19,22,26-28,39-40,47-48,50,52-63,65-66,74-75,80,83,90-94,96-102H,12,20-21,23-25H2,1-5H3,(H2,79,95)(H,81,82)(H,84,107)(H,85,104)(H,86,106)(H,87,108)(H,88,103)(H,89,105)(H,109,110)/t28?,39-,40?,47-,48-,50+,52-,53?,54?,55?,56+,57?,58+,59?,60-,61?,62?,63-,65?,66+,74?,75+,76+/m1/s1. The molecule has 14 rings (SSSR count). The Kier molecular flexibility index (Phi) is 26.7. The smallest absolute Gasteiger partial charge is 0.330 e. The van der Waals surface area contributed by atoms with Gasteiger partial charge in [0.15, 0.2) is 30.1 Å². The number of primary amides is 1. The minimum Gasteiger partial charge on any atom is -0.508 e.